The number of ketones is 1. The Morgan fingerprint density at radius 1 is 0.889 bits per heavy atom. The molecule has 4 aromatic rings. The first-order valence-electron chi connectivity index (χ1n) is 11.4. The second-order valence-corrected chi connectivity index (χ2v) is 8.35. The third-order valence-corrected chi connectivity index (χ3v) is 6.06. The number of benzene rings is 3. The van der Waals surface area contributed by atoms with Gasteiger partial charge in [-0.05, 0) is 72.5 Å². The average molecular weight is 485 g/mol. The van der Waals surface area contributed by atoms with Crippen LogP contribution < -0.4 is 19.9 Å². The monoisotopic (exact) mass is 484 g/mol. The van der Waals surface area contributed by atoms with Crippen LogP contribution in [0, 0.1) is 13.8 Å². The van der Waals surface area contributed by atoms with E-state index in [2.05, 4.69) is 4.98 Å². The minimum Gasteiger partial charge on any atom is -0.493 e. The smallest absolute Gasteiger partial charge is 0.330 e. The Bertz CT molecular complexity index is 1490. The molecule has 184 valence electrons. The third kappa shape index (κ3) is 4.95. The molecule has 0 amide bonds. The van der Waals surface area contributed by atoms with Crippen LogP contribution in [0.5, 0.6) is 17.2 Å². The van der Waals surface area contributed by atoms with Gasteiger partial charge in [-0.25, -0.2) is 4.79 Å². The van der Waals surface area contributed by atoms with Crippen molar-refractivity contribution >= 4 is 11.9 Å². The van der Waals surface area contributed by atoms with Crippen molar-refractivity contribution in [2.75, 3.05) is 21.3 Å². The van der Waals surface area contributed by atoms with E-state index in [1.807, 2.05) is 32.0 Å². The van der Waals surface area contributed by atoms with Crippen LogP contribution in [-0.2, 0) is 0 Å². The van der Waals surface area contributed by atoms with Crippen molar-refractivity contribution in [2.24, 2.45) is 0 Å². The van der Waals surface area contributed by atoms with Crippen LogP contribution in [0.4, 0.5) is 0 Å². The molecule has 0 aliphatic rings. The van der Waals surface area contributed by atoms with Gasteiger partial charge in [0.25, 0.3) is 0 Å². The number of hydrogen-bond acceptors (Lipinski definition) is 5. The van der Waals surface area contributed by atoms with E-state index in [-0.39, 0.29) is 11.5 Å². The Kier molecular flexibility index (Phi) is 7.10. The van der Waals surface area contributed by atoms with Gasteiger partial charge in [-0.1, -0.05) is 30.3 Å². The summed E-state index contributed by atoms with van der Waals surface area (Å²) in [6.45, 7) is 4.08. The highest BCUT2D eigenvalue weighted by Gasteiger charge is 2.13. The lowest BCUT2D eigenvalue weighted by Gasteiger charge is -2.12. The van der Waals surface area contributed by atoms with Crippen molar-refractivity contribution in [1.29, 1.82) is 0 Å². The Morgan fingerprint density at radius 3 is 2.25 bits per heavy atom. The lowest BCUT2D eigenvalue weighted by Crippen LogP contribution is -2.14. The number of H-pyrrole nitrogens is 1. The zero-order chi connectivity index (χ0) is 25.8. The SMILES string of the molecule is COc1cc(C=CC(=O)c2cccc(-n3cc(-c4ccc(C)c(C)c4)[nH]c3=O)c2)cc(OC)c1OC. The summed E-state index contributed by atoms with van der Waals surface area (Å²) in [6, 6.07) is 16.5. The minimum absolute atomic E-state index is 0.205. The van der Waals surface area contributed by atoms with Crippen LogP contribution in [0.1, 0.15) is 27.0 Å². The van der Waals surface area contributed by atoms with Gasteiger partial charge in [-0.3, -0.25) is 9.36 Å². The standard InChI is InChI=1S/C29H28N2O5/c1-18-9-11-21(13-19(18)2)24-17-31(29(33)30-24)23-8-6-7-22(16-23)25(32)12-10-20-14-26(34-3)28(36-5)27(15-20)35-4/h6-17H,1-5H3,(H,30,33). The molecular weight excluding hydrogens is 456 g/mol. The number of allylic oxidation sites excluding steroid dienone is 1. The predicted octanol–water partition coefficient (Wildman–Crippen LogP) is 5.37. The fourth-order valence-corrected chi connectivity index (χ4v) is 3.92. The second-order valence-electron chi connectivity index (χ2n) is 8.35. The van der Waals surface area contributed by atoms with Gasteiger partial charge < -0.3 is 19.2 Å². The quantitative estimate of drug-likeness (QED) is 0.269. The first-order valence-corrected chi connectivity index (χ1v) is 11.4. The molecule has 7 nitrogen and oxygen atoms in total. The van der Waals surface area contributed by atoms with Crippen molar-refractivity contribution < 1.29 is 19.0 Å². The maximum atomic E-state index is 12.9. The van der Waals surface area contributed by atoms with E-state index in [4.69, 9.17) is 14.2 Å². The number of ether oxygens (including phenoxy) is 3. The molecule has 36 heavy (non-hydrogen) atoms. The van der Waals surface area contributed by atoms with Gasteiger partial charge in [-0.15, -0.1) is 0 Å². The number of aromatic nitrogens is 2. The number of imidazole rings is 1. The van der Waals surface area contributed by atoms with Gasteiger partial charge >= 0.3 is 5.69 Å². The summed E-state index contributed by atoms with van der Waals surface area (Å²) >= 11 is 0. The Morgan fingerprint density at radius 2 is 1.61 bits per heavy atom. The van der Waals surface area contributed by atoms with Crippen LogP contribution >= 0.6 is 0 Å². The Labute approximate surface area is 209 Å². The summed E-state index contributed by atoms with van der Waals surface area (Å²) in [5.41, 5.74) is 5.46. The van der Waals surface area contributed by atoms with Gasteiger partial charge in [0.15, 0.2) is 17.3 Å². The fraction of sp³-hybridized carbons (Fsp3) is 0.172. The molecule has 0 fully saturated rings. The number of nitrogens with one attached hydrogen (secondary N) is 1. The first kappa shape index (κ1) is 24.6. The molecule has 0 atom stereocenters. The molecule has 1 aromatic heterocycles. The second kappa shape index (κ2) is 10.4. The molecule has 0 aliphatic heterocycles. The maximum absolute atomic E-state index is 12.9. The highest BCUT2D eigenvalue weighted by molar-refractivity contribution is 6.07. The molecule has 4 rings (SSSR count). The number of methoxy groups -OCH3 is 3. The fourth-order valence-electron chi connectivity index (χ4n) is 3.92. The molecule has 1 N–H and O–H groups in total. The third-order valence-electron chi connectivity index (χ3n) is 6.06. The molecule has 0 saturated carbocycles. The van der Waals surface area contributed by atoms with E-state index in [1.165, 1.54) is 37.5 Å². The number of rotatable bonds is 8. The van der Waals surface area contributed by atoms with Crippen molar-refractivity contribution in [1.82, 2.24) is 9.55 Å². The molecular formula is C29H28N2O5. The zero-order valence-corrected chi connectivity index (χ0v) is 20.9. The van der Waals surface area contributed by atoms with E-state index >= 15 is 0 Å². The van der Waals surface area contributed by atoms with E-state index < -0.39 is 0 Å². The Hall–Kier alpha value is -4.52. The largest absolute Gasteiger partial charge is 0.493 e. The van der Waals surface area contributed by atoms with E-state index in [0.29, 0.717) is 39.8 Å². The number of aryl methyl sites for hydroxylation is 2. The molecule has 0 spiro atoms. The molecule has 0 saturated heterocycles. The molecule has 3 aromatic carbocycles. The lowest BCUT2D eigenvalue weighted by molar-refractivity contribution is 0.104. The lowest BCUT2D eigenvalue weighted by atomic mass is 10.0. The summed E-state index contributed by atoms with van der Waals surface area (Å²) in [7, 11) is 4.61. The van der Waals surface area contributed by atoms with Crippen LogP contribution in [0.25, 0.3) is 23.0 Å². The molecule has 0 radical (unpaired) electrons. The van der Waals surface area contributed by atoms with Crippen molar-refractivity contribution in [3.05, 3.63) is 99.6 Å². The first-order chi connectivity index (χ1) is 17.3. The highest BCUT2D eigenvalue weighted by Crippen LogP contribution is 2.38. The summed E-state index contributed by atoms with van der Waals surface area (Å²) in [4.78, 5) is 28.6. The van der Waals surface area contributed by atoms with E-state index in [9.17, 15) is 9.59 Å². The van der Waals surface area contributed by atoms with Crippen LogP contribution in [-0.4, -0.2) is 36.7 Å². The van der Waals surface area contributed by atoms with Crippen LogP contribution in [0.3, 0.4) is 0 Å². The van der Waals surface area contributed by atoms with Crippen LogP contribution in [0.15, 0.2) is 71.7 Å². The van der Waals surface area contributed by atoms with E-state index in [0.717, 1.165) is 11.1 Å². The maximum Gasteiger partial charge on any atom is 0.330 e. The molecule has 0 unspecified atom stereocenters. The number of aromatic amines is 1. The average Bonchev–Trinajstić information content (AvgIpc) is 3.29. The number of carbonyl (C=O) groups excluding carboxylic acids is 1. The molecule has 1 heterocycles. The molecule has 7 heteroatoms. The summed E-state index contributed by atoms with van der Waals surface area (Å²) < 4.78 is 17.6. The van der Waals surface area contributed by atoms with Crippen molar-refractivity contribution in [3.63, 3.8) is 0 Å². The van der Waals surface area contributed by atoms with Gasteiger partial charge in [0.05, 0.1) is 32.7 Å². The minimum atomic E-state index is -0.277. The van der Waals surface area contributed by atoms with Crippen molar-refractivity contribution in [3.8, 4) is 34.2 Å². The molecule has 0 aliphatic carbocycles. The van der Waals surface area contributed by atoms with Gasteiger partial charge in [-0.2, -0.15) is 0 Å². The topological polar surface area (TPSA) is 82.6 Å². The number of hydrogen-bond donors (Lipinski definition) is 1. The van der Waals surface area contributed by atoms with Gasteiger partial charge in [0, 0.05) is 11.8 Å². The number of carbonyl (C=O) groups is 1. The number of nitrogens with zero attached hydrogens (tertiary/aromatic N) is 1. The summed E-state index contributed by atoms with van der Waals surface area (Å²) in [6.07, 6.45) is 4.90. The summed E-state index contributed by atoms with van der Waals surface area (Å²) in [5.74, 6) is 1.27. The zero-order valence-electron chi connectivity index (χ0n) is 20.9. The predicted molar refractivity (Wildman–Crippen MR) is 141 cm³/mol. The van der Waals surface area contributed by atoms with Crippen LogP contribution in [0.2, 0.25) is 0 Å². The molecule has 0 bridgehead atoms. The van der Waals surface area contributed by atoms with Gasteiger partial charge in [0.2, 0.25) is 5.75 Å². The van der Waals surface area contributed by atoms with Gasteiger partial charge in [0.1, 0.15) is 0 Å². The normalized spacial score (nSPS) is 11.0. The highest BCUT2D eigenvalue weighted by atomic mass is 16.5. The summed E-state index contributed by atoms with van der Waals surface area (Å²) in [5, 5.41) is 0. The van der Waals surface area contributed by atoms with E-state index in [1.54, 1.807) is 48.7 Å². The Balaban J connectivity index is 1.61. The van der Waals surface area contributed by atoms with Crippen molar-refractivity contribution in [2.45, 2.75) is 13.8 Å².